The molecule has 3 atom stereocenters. The predicted molar refractivity (Wildman–Crippen MR) is 70.1 cm³/mol. The Morgan fingerprint density at radius 3 is 3.00 bits per heavy atom. The third-order valence-corrected chi connectivity index (χ3v) is 4.75. The molecular weight excluding hydrogens is 220 g/mol. The van der Waals surface area contributed by atoms with Gasteiger partial charge in [0.2, 0.25) is 0 Å². The molecule has 1 saturated heterocycles. The van der Waals surface area contributed by atoms with Crippen LogP contribution in [0.25, 0.3) is 0 Å². The van der Waals surface area contributed by atoms with Gasteiger partial charge in [-0.25, -0.2) is 0 Å². The Kier molecular flexibility index (Phi) is 4.53. The molecule has 92 valence electrons. The fourth-order valence-electron chi connectivity index (χ4n) is 2.32. The SMILES string of the molecule is CCC1CN=C(NCC2CCOC2CC)S1. The second-order valence-electron chi connectivity index (χ2n) is 4.54. The van der Waals surface area contributed by atoms with Gasteiger partial charge in [0, 0.05) is 24.3 Å². The third kappa shape index (κ3) is 2.92. The van der Waals surface area contributed by atoms with Gasteiger partial charge in [0.05, 0.1) is 12.6 Å². The molecule has 0 aliphatic carbocycles. The summed E-state index contributed by atoms with van der Waals surface area (Å²) in [5.41, 5.74) is 0. The minimum absolute atomic E-state index is 0.460. The third-order valence-electron chi connectivity index (χ3n) is 3.44. The number of nitrogens with one attached hydrogen (secondary N) is 1. The molecule has 2 rings (SSSR count). The summed E-state index contributed by atoms with van der Waals surface area (Å²) in [6.45, 7) is 7.39. The zero-order valence-corrected chi connectivity index (χ0v) is 11.1. The van der Waals surface area contributed by atoms with Crippen molar-refractivity contribution >= 4 is 16.9 Å². The highest BCUT2D eigenvalue weighted by atomic mass is 32.2. The molecule has 0 spiro atoms. The Balaban J connectivity index is 1.71. The largest absolute Gasteiger partial charge is 0.378 e. The Morgan fingerprint density at radius 2 is 2.31 bits per heavy atom. The van der Waals surface area contributed by atoms with E-state index in [9.17, 15) is 0 Å². The van der Waals surface area contributed by atoms with Gasteiger partial charge in [-0.1, -0.05) is 25.6 Å². The van der Waals surface area contributed by atoms with Gasteiger partial charge < -0.3 is 10.1 Å². The lowest BCUT2D eigenvalue weighted by molar-refractivity contribution is 0.0883. The highest BCUT2D eigenvalue weighted by Crippen LogP contribution is 2.25. The Morgan fingerprint density at radius 1 is 1.44 bits per heavy atom. The molecule has 1 N–H and O–H groups in total. The van der Waals surface area contributed by atoms with Gasteiger partial charge in [-0.15, -0.1) is 0 Å². The maximum atomic E-state index is 5.69. The Labute approximate surface area is 102 Å². The van der Waals surface area contributed by atoms with Gasteiger partial charge in [0.15, 0.2) is 5.17 Å². The Hall–Kier alpha value is -0.220. The fourth-order valence-corrected chi connectivity index (χ4v) is 3.27. The van der Waals surface area contributed by atoms with E-state index in [2.05, 4.69) is 24.2 Å². The number of amidine groups is 1. The van der Waals surface area contributed by atoms with Crippen LogP contribution in [-0.2, 0) is 4.74 Å². The van der Waals surface area contributed by atoms with Crippen molar-refractivity contribution in [2.45, 2.75) is 44.5 Å². The lowest BCUT2D eigenvalue weighted by Crippen LogP contribution is -2.30. The lowest BCUT2D eigenvalue weighted by Gasteiger charge is -2.17. The van der Waals surface area contributed by atoms with Crippen LogP contribution in [0.3, 0.4) is 0 Å². The van der Waals surface area contributed by atoms with Crippen LogP contribution in [0.1, 0.15) is 33.1 Å². The van der Waals surface area contributed by atoms with E-state index in [1.165, 1.54) is 12.8 Å². The van der Waals surface area contributed by atoms with Crippen LogP contribution in [0.2, 0.25) is 0 Å². The van der Waals surface area contributed by atoms with E-state index in [1.807, 2.05) is 11.8 Å². The molecule has 0 amide bonds. The summed E-state index contributed by atoms with van der Waals surface area (Å²) >= 11 is 1.90. The monoisotopic (exact) mass is 242 g/mol. The molecule has 0 saturated carbocycles. The van der Waals surface area contributed by atoms with Gasteiger partial charge in [0.25, 0.3) is 0 Å². The summed E-state index contributed by atoms with van der Waals surface area (Å²) in [5.74, 6) is 0.675. The van der Waals surface area contributed by atoms with Crippen molar-refractivity contribution in [3.05, 3.63) is 0 Å². The minimum Gasteiger partial charge on any atom is -0.378 e. The van der Waals surface area contributed by atoms with Crippen molar-refractivity contribution in [2.24, 2.45) is 10.9 Å². The van der Waals surface area contributed by atoms with Gasteiger partial charge >= 0.3 is 0 Å². The molecule has 0 radical (unpaired) electrons. The van der Waals surface area contributed by atoms with Gasteiger partial charge in [0.1, 0.15) is 0 Å². The van der Waals surface area contributed by atoms with Gasteiger partial charge in [-0.05, 0) is 19.3 Å². The van der Waals surface area contributed by atoms with Crippen molar-refractivity contribution in [1.82, 2.24) is 5.32 Å². The Bertz CT molecular complexity index is 257. The number of hydrogen-bond donors (Lipinski definition) is 1. The number of hydrogen-bond acceptors (Lipinski definition) is 4. The first kappa shape index (κ1) is 12.2. The van der Waals surface area contributed by atoms with Crippen LogP contribution in [0.4, 0.5) is 0 Å². The van der Waals surface area contributed by atoms with Gasteiger partial charge in [-0.2, -0.15) is 0 Å². The van der Waals surface area contributed by atoms with Crippen molar-refractivity contribution in [3.63, 3.8) is 0 Å². The quantitative estimate of drug-likeness (QED) is 0.821. The van der Waals surface area contributed by atoms with E-state index in [0.717, 1.165) is 31.3 Å². The van der Waals surface area contributed by atoms with Crippen molar-refractivity contribution in [1.29, 1.82) is 0 Å². The average molecular weight is 242 g/mol. The summed E-state index contributed by atoms with van der Waals surface area (Å²) in [4.78, 5) is 4.53. The van der Waals surface area contributed by atoms with E-state index in [-0.39, 0.29) is 0 Å². The number of aliphatic imine (C=N–C) groups is 1. The smallest absolute Gasteiger partial charge is 0.156 e. The summed E-state index contributed by atoms with van der Waals surface area (Å²) in [7, 11) is 0. The van der Waals surface area contributed by atoms with Crippen LogP contribution in [-0.4, -0.2) is 36.2 Å². The van der Waals surface area contributed by atoms with Crippen molar-refractivity contribution in [2.75, 3.05) is 19.7 Å². The number of ether oxygens (including phenoxy) is 1. The predicted octanol–water partition coefficient (Wildman–Crippen LogP) is 2.27. The maximum Gasteiger partial charge on any atom is 0.156 e. The molecule has 3 unspecified atom stereocenters. The second-order valence-corrected chi connectivity index (χ2v) is 5.83. The van der Waals surface area contributed by atoms with E-state index in [1.54, 1.807) is 0 Å². The van der Waals surface area contributed by atoms with E-state index in [4.69, 9.17) is 4.74 Å². The standard InChI is InChI=1S/C12H22N2OS/c1-3-10-8-14-12(16-10)13-7-9-5-6-15-11(9)4-2/h9-11H,3-8H2,1-2H3,(H,13,14). The normalized spacial score (nSPS) is 34.1. The number of rotatable bonds is 4. The molecule has 3 nitrogen and oxygen atoms in total. The molecule has 2 aliphatic rings. The fraction of sp³-hybridized carbons (Fsp3) is 0.917. The first-order chi connectivity index (χ1) is 7.83. The van der Waals surface area contributed by atoms with Crippen LogP contribution < -0.4 is 5.32 Å². The summed E-state index contributed by atoms with van der Waals surface area (Å²) < 4.78 is 5.69. The van der Waals surface area contributed by atoms with Crippen molar-refractivity contribution < 1.29 is 4.74 Å². The van der Waals surface area contributed by atoms with Crippen LogP contribution in [0.15, 0.2) is 4.99 Å². The molecule has 4 heteroatoms. The van der Waals surface area contributed by atoms with E-state index < -0.39 is 0 Å². The zero-order chi connectivity index (χ0) is 11.4. The first-order valence-electron chi connectivity index (χ1n) is 6.40. The summed E-state index contributed by atoms with van der Waals surface area (Å²) in [6, 6.07) is 0. The molecule has 16 heavy (non-hydrogen) atoms. The highest BCUT2D eigenvalue weighted by molar-refractivity contribution is 8.14. The second kappa shape index (κ2) is 5.92. The zero-order valence-electron chi connectivity index (χ0n) is 10.2. The van der Waals surface area contributed by atoms with E-state index >= 15 is 0 Å². The molecule has 1 fully saturated rings. The van der Waals surface area contributed by atoms with Crippen LogP contribution in [0.5, 0.6) is 0 Å². The van der Waals surface area contributed by atoms with Crippen LogP contribution in [0, 0.1) is 5.92 Å². The molecule has 2 aliphatic heterocycles. The number of nitrogens with zero attached hydrogens (tertiary/aromatic N) is 1. The molecule has 0 bridgehead atoms. The van der Waals surface area contributed by atoms with E-state index in [0.29, 0.717) is 17.3 Å². The summed E-state index contributed by atoms with van der Waals surface area (Å²) in [6.07, 6.45) is 4.00. The van der Waals surface area contributed by atoms with Gasteiger partial charge in [-0.3, -0.25) is 4.99 Å². The molecular formula is C12H22N2OS. The first-order valence-corrected chi connectivity index (χ1v) is 7.28. The maximum absolute atomic E-state index is 5.69. The topological polar surface area (TPSA) is 33.6 Å². The molecule has 0 aromatic carbocycles. The summed E-state index contributed by atoms with van der Waals surface area (Å²) in [5, 5.41) is 5.33. The molecule has 0 aromatic rings. The van der Waals surface area contributed by atoms with Crippen LogP contribution >= 0.6 is 11.8 Å². The molecule has 2 heterocycles. The van der Waals surface area contributed by atoms with Crippen molar-refractivity contribution in [3.8, 4) is 0 Å². The average Bonchev–Trinajstić information content (AvgIpc) is 2.94. The lowest BCUT2D eigenvalue weighted by atomic mass is 10.00. The number of thioether (sulfide) groups is 1. The minimum atomic E-state index is 0.460. The highest BCUT2D eigenvalue weighted by Gasteiger charge is 2.27. The molecule has 0 aromatic heterocycles.